The lowest BCUT2D eigenvalue weighted by Gasteiger charge is -2.33. The Hall–Kier alpha value is -1.25. The Morgan fingerprint density at radius 2 is 1.90 bits per heavy atom. The lowest BCUT2D eigenvalue weighted by molar-refractivity contribution is 0.0435. The molecule has 5 rings (SSSR count). The van der Waals surface area contributed by atoms with Gasteiger partial charge in [-0.1, -0.05) is 37.3 Å². The summed E-state index contributed by atoms with van der Waals surface area (Å²) in [7, 11) is -3.36. The van der Waals surface area contributed by atoms with Gasteiger partial charge in [0.15, 0.2) is 0 Å². The first-order valence-corrected chi connectivity index (χ1v) is 13.3. The smallest absolute Gasteiger partial charge is 0.280 e. The Labute approximate surface area is 186 Å². The largest absolute Gasteiger partial charge is 0.379 e. The second-order valence-electron chi connectivity index (χ2n) is 9.70. The summed E-state index contributed by atoms with van der Waals surface area (Å²) in [6.07, 6.45) is 9.52. The number of nitrogens with zero attached hydrogens (tertiary/aromatic N) is 2. The molecule has 1 N–H and O–H groups in total. The van der Waals surface area contributed by atoms with Gasteiger partial charge in [-0.25, -0.2) is 0 Å². The Balaban J connectivity index is 1.34. The number of morpholine rings is 1. The summed E-state index contributed by atoms with van der Waals surface area (Å²) in [5.41, 5.74) is 3.77. The van der Waals surface area contributed by atoms with Crippen LogP contribution in [0.2, 0.25) is 0 Å². The van der Waals surface area contributed by atoms with Crippen molar-refractivity contribution in [1.82, 2.24) is 13.9 Å². The van der Waals surface area contributed by atoms with E-state index in [1.54, 1.807) is 4.31 Å². The van der Waals surface area contributed by atoms with E-state index in [1.807, 2.05) is 6.92 Å². The van der Waals surface area contributed by atoms with Crippen LogP contribution in [0.5, 0.6) is 0 Å². The zero-order chi connectivity index (χ0) is 21.5. The molecule has 0 radical (unpaired) electrons. The minimum absolute atomic E-state index is 0.292. The van der Waals surface area contributed by atoms with Crippen LogP contribution >= 0.6 is 0 Å². The number of benzene rings is 1. The van der Waals surface area contributed by atoms with Gasteiger partial charge in [-0.05, 0) is 60.6 Å². The molecule has 4 aliphatic rings. The van der Waals surface area contributed by atoms with Crippen molar-refractivity contribution in [2.45, 2.75) is 44.6 Å². The first-order valence-electron chi connectivity index (χ1n) is 11.9. The van der Waals surface area contributed by atoms with Gasteiger partial charge < -0.3 is 4.74 Å². The van der Waals surface area contributed by atoms with Crippen LogP contribution in [0.15, 0.2) is 24.3 Å². The third kappa shape index (κ3) is 4.11. The molecule has 0 aromatic heterocycles. The fourth-order valence-corrected chi connectivity index (χ4v) is 8.01. The predicted molar refractivity (Wildman–Crippen MR) is 123 cm³/mol. The first kappa shape index (κ1) is 21.6. The lowest BCUT2D eigenvalue weighted by Crippen LogP contribution is -2.52. The fourth-order valence-electron chi connectivity index (χ4n) is 6.20. The van der Waals surface area contributed by atoms with E-state index in [-0.39, 0.29) is 5.54 Å². The van der Waals surface area contributed by atoms with Crippen molar-refractivity contribution in [3.63, 3.8) is 0 Å². The number of ether oxygens (including phenoxy) is 1. The van der Waals surface area contributed by atoms with E-state index in [4.69, 9.17) is 4.74 Å². The van der Waals surface area contributed by atoms with E-state index >= 15 is 0 Å². The number of hydrogen-bond donors (Lipinski definition) is 1. The molecular formula is C24H35N3O3S. The van der Waals surface area contributed by atoms with Crippen molar-refractivity contribution in [1.29, 1.82) is 0 Å². The SMILES string of the molecule is CCCN1C[C@]2(NS1(=O)=O)[C@@H]1CC[C@H]2Cc2ccc(/C=C/CN3CCOCC3)cc2C1. The minimum atomic E-state index is -3.36. The molecule has 31 heavy (non-hydrogen) atoms. The molecule has 6 nitrogen and oxygen atoms in total. The van der Waals surface area contributed by atoms with Crippen LogP contribution in [-0.4, -0.2) is 69.1 Å². The molecule has 7 heteroatoms. The maximum Gasteiger partial charge on any atom is 0.280 e. The zero-order valence-electron chi connectivity index (χ0n) is 18.6. The molecule has 1 saturated carbocycles. The van der Waals surface area contributed by atoms with Gasteiger partial charge in [-0.2, -0.15) is 17.4 Å². The molecule has 2 heterocycles. The molecule has 2 aliphatic heterocycles. The summed E-state index contributed by atoms with van der Waals surface area (Å²) in [4.78, 5) is 2.42. The highest BCUT2D eigenvalue weighted by Gasteiger charge is 2.59. The zero-order valence-corrected chi connectivity index (χ0v) is 19.4. The Kier molecular flexibility index (Phi) is 5.99. The van der Waals surface area contributed by atoms with Gasteiger partial charge in [0.25, 0.3) is 10.2 Å². The quantitative estimate of drug-likeness (QED) is 0.756. The maximum absolute atomic E-state index is 12.8. The molecule has 3 fully saturated rings. The third-order valence-electron chi connectivity index (χ3n) is 7.83. The van der Waals surface area contributed by atoms with Crippen molar-refractivity contribution in [3.05, 3.63) is 41.0 Å². The summed E-state index contributed by atoms with van der Waals surface area (Å²) < 4.78 is 35.9. The van der Waals surface area contributed by atoms with Gasteiger partial charge in [0.2, 0.25) is 0 Å². The van der Waals surface area contributed by atoms with Crippen LogP contribution in [0.1, 0.15) is 42.9 Å². The summed E-state index contributed by atoms with van der Waals surface area (Å²) in [6.45, 7) is 7.93. The highest BCUT2D eigenvalue weighted by atomic mass is 32.2. The number of fused-ring (bicyclic) bond motifs is 1. The normalized spacial score (nSPS) is 33.2. The van der Waals surface area contributed by atoms with E-state index in [2.05, 4.69) is 40.0 Å². The molecule has 1 aromatic rings. The van der Waals surface area contributed by atoms with Crippen molar-refractivity contribution in [2.24, 2.45) is 11.8 Å². The molecule has 2 saturated heterocycles. The molecule has 2 bridgehead atoms. The Bertz CT molecular complexity index is 941. The third-order valence-corrected chi connectivity index (χ3v) is 9.46. The summed E-state index contributed by atoms with van der Waals surface area (Å²) >= 11 is 0. The van der Waals surface area contributed by atoms with Crippen LogP contribution in [0.25, 0.3) is 6.08 Å². The van der Waals surface area contributed by atoms with Crippen LogP contribution in [-0.2, 0) is 27.8 Å². The topological polar surface area (TPSA) is 61.9 Å². The standard InChI is InChI=1S/C24H35N3O3S/c1-2-9-27-18-24(25-31(27,28)29)22-7-8-23(24)17-21-15-19(5-6-20(21)16-22)4-3-10-26-11-13-30-14-12-26/h3-6,15,22-23,25H,2,7-14,16-18H2,1H3/b4-3+/t22-,23+,24+/m0/s1. The van der Waals surface area contributed by atoms with Crippen LogP contribution in [0.3, 0.4) is 0 Å². The molecule has 3 atom stereocenters. The van der Waals surface area contributed by atoms with Crippen molar-refractivity contribution < 1.29 is 13.2 Å². The van der Waals surface area contributed by atoms with Gasteiger partial charge in [0, 0.05) is 32.7 Å². The Morgan fingerprint density at radius 3 is 2.65 bits per heavy atom. The molecule has 170 valence electrons. The molecule has 1 spiro atoms. The monoisotopic (exact) mass is 445 g/mol. The summed E-state index contributed by atoms with van der Waals surface area (Å²) in [5.74, 6) is 0.765. The first-order chi connectivity index (χ1) is 15.0. The van der Waals surface area contributed by atoms with Crippen LogP contribution in [0, 0.1) is 11.8 Å². The number of rotatable bonds is 5. The van der Waals surface area contributed by atoms with Crippen LogP contribution < -0.4 is 4.72 Å². The summed E-state index contributed by atoms with van der Waals surface area (Å²) in [6, 6.07) is 6.85. The van der Waals surface area contributed by atoms with E-state index in [0.717, 1.165) is 65.0 Å². The predicted octanol–water partition coefficient (Wildman–Crippen LogP) is 2.46. The highest BCUT2D eigenvalue weighted by Crippen LogP contribution is 2.50. The van der Waals surface area contributed by atoms with Gasteiger partial charge in [-0.3, -0.25) is 4.90 Å². The maximum atomic E-state index is 12.8. The van der Waals surface area contributed by atoms with Gasteiger partial charge in [0.05, 0.1) is 18.8 Å². The lowest BCUT2D eigenvalue weighted by atomic mass is 9.79. The van der Waals surface area contributed by atoms with Crippen molar-refractivity contribution >= 4 is 16.3 Å². The second kappa shape index (κ2) is 8.60. The van der Waals surface area contributed by atoms with E-state index in [0.29, 0.717) is 24.9 Å². The minimum Gasteiger partial charge on any atom is -0.379 e. The van der Waals surface area contributed by atoms with Gasteiger partial charge in [0.1, 0.15) is 0 Å². The van der Waals surface area contributed by atoms with Gasteiger partial charge in [-0.15, -0.1) is 0 Å². The van der Waals surface area contributed by atoms with Crippen LogP contribution in [0.4, 0.5) is 0 Å². The fraction of sp³-hybridized carbons (Fsp3) is 0.667. The highest BCUT2D eigenvalue weighted by molar-refractivity contribution is 7.87. The van der Waals surface area contributed by atoms with Crippen molar-refractivity contribution in [3.8, 4) is 0 Å². The van der Waals surface area contributed by atoms with E-state index < -0.39 is 10.2 Å². The molecular weight excluding hydrogens is 410 g/mol. The molecule has 0 amide bonds. The average Bonchev–Trinajstić information content (AvgIpc) is 3.14. The molecule has 1 aromatic carbocycles. The molecule has 2 aliphatic carbocycles. The van der Waals surface area contributed by atoms with Gasteiger partial charge >= 0.3 is 0 Å². The Morgan fingerprint density at radius 1 is 1.16 bits per heavy atom. The second-order valence-corrected chi connectivity index (χ2v) is 11.4. The average molecular weight is 446 g/mol. The van der Waals surface area contributed by atoms with Crippen molar-refractivity contribution in [2.75, 3.05) is 45.9 Å². The van der Waals surface area contributed by atoms with E-state index in [1.165, 1.54) is 16.7 Å². The molecule has 0 unspecified atom stereocenters. The summed E-state index contributed by atoms with van der Waals surface area (Å²) in [5, 5.41) is 0. The van der Waals surface area contributed by atoms with E-state index in [9.17, 15) is 8.42 Å². The number of nitrogens with one attached hydrogen (secondary N) is 1. The number of hydrogen-bond acceptors (Lipinski definition) is 4.